The predicted molar refractivity (Wildman–Crippen MR) is 77.9 cm³/mol. The molecule has 0 fully saturated rings. The fourth-order valence-electron chi connectivity index (χ4n) is 1.64. The first-order valence-electron chi connectivity index (χ1n) is 6.01. The van der Waals surface area contributed by atoms with Crippen LogP contribution in [0.1, 0.15) is 11.4 Å². The van der Waals surface area contributed by atoms with Gasteiger partial charge in [0, 0.05) is 30.2 Å². The summed E-state index contributed by atoms with van der Waals surface area (Å²) in [6.07, 6.45) is 9.05. The first-order chi connectivity index (χ1) is 10.2. The second-order valence-corrected chi connectivity index (χ2v) is 4.87. The molecule has 3 heterocycles. The Morgan fingerprint density at radius 3 is 2.67 bits per heavy atom. The van der Waals surface area contributed by atoms with Crippen molar-refractivity contribution in [2.24, 2.45) is 0 Å². The Bertz CT molecular complexity index is 679. The molecular formula is C13H13N5O2S. The third-order valence-corrected chi connectivity index (χ3v) is 3.27. The van der Waals surface area contributed by atoms with Crippen LogP contribution in [0.4, 0.5) is 0 Å². The van der Waals surface area contributed by atoms with Crippen molar-refractivity contribution in [1.29, 1.82) is 0 Å². The summed E-state index contributed by atoms with van der Waals surface area (Å²) in [5.74, 6) is 0.868. The maximum atomic E-state index is 8.36. The van der Waals surface area contributed by atoms with E-state index in [4.69, 9.17) is 9.90 Å². The molecule has 0 spiro atoms. The molecule has 0 aliphatic carbocycles. The quantitative estimate of drug-likeness (QED) is 0.742. The molecule has 7 nitrogen and oxygen atoms in total. The molecular weight excluding hydrogens is 290 g/mol. The average Bonchev–Trinajstić information content (AvgIpc) is 3.13. The van der Waals surface area contributed by atoms with Gasteiger partial charge in [-0.3, -0.25) is 14.8 Å². The van der Waals surface area contributed by atoms with Crippen LogP contribution in [-0.4, -0.2) is 36.1 Å². The molecule has 21 heavy (non-hydrogen) atoms. The van der Waals surface area contributed by atoms with E-state index in [1.165, 1.54) is 0 Å². The number of hydrogen-bond acceptors (Lipinski definition) is 6. The highest BCUT2D eigenvalue weighted by Gasteiger charge is 2.09. The molecule has 108 valence electrons. The Morgan fingerprint density at radius 1 is 1.24 bits per heavy atom. The lowest BCUT2D eigenvalue weighted by atomic mass is 10.4. The van der Waals surface area contributed by atoms with Gasteiger partial charge in [0.05, 0.1) is 24.1 Å². The Balaban J connectivity index is 0.000000497. The molecule has 3 aromatic heterocycles. The van der Waals surface area contributed by atoms with E-state index in [0.29, 0.717) is 6.54 Å². The van der Waals surface area contributed by atoms with E-state index in [1.807, 2.05) is 23.1 Å². The number of hydrogen-bond donors (Lipinski definition) is 1. The topological polar surface area (TPSA) is 93.8 Å². The molecule has 0 radical (unpaired) electrons. The van der Waals surface area contributed by atoms with Gasteiger partial charge in [0.25, 0.3) is 6.47 Å². The number of rotatable bonds is 3. The maximum absolute atomic E-state index is 8.36. The minimum atomic E-state index is -0.250. The van der Waals surface area contributed by atoms with Crippen LogP contribution in [0.5, 0.6) is 0 Å². The molecule has 3 aromatic rings. The summed E-state index contributed by atoms with van der Waals surface area (Å²) in [4.78, 5) is 25.6. The molecule has 0 unspecified atom stereocenters. The van der Waals surface area contributed by atoms with Gasteiger partial charge in [-0.2, -0.15) is 0 Å². The maximum Gasteiger partial charge on any atom is 0.290 e. The molecule has 0 bridgehead atoms. The van der Waals surface area contributed by atoms with E-state index in [9.17, 15) is 0 Å². The third kappa shape index (κ3) is 3.93. The number of imidazole rings is 1. The molecule has 8 heteroatoms. The van der Waals surface area contributed by atoms with Crippen molar-refractivity contribution >= 4 is 17.8 Å². The van der Waals surface area contributed by atoms with Gasteiger partial charge in [0.1, 0.15) is 0 Å². The molecule has 0 aromatic carbocycles. The van der Waals surface area contributed by atoms with Crippen molar-refractivity contribution in [2.45, 2.75) is 13.5 Å². The molecule has 0 saturated heterocycles. The molecule has 0 amide bonds. The van der Waals surface area contributed by atoms with E-state index in [0.717, 1.165) is 22.2 Å². The number of carbonyl (C=O) groups is 1. The first kappa shape index (κ1) is 14.8. The summed E-state index contributed by atoms with van der Waals surface area (Å²) in [5, 5.41) is 9.75. The number of nitrogens with zero attached hydrogens (tertiary/aromatic N) is 5. The number of aryl methyl sites for hydroxylation is 1. The van der Waals surface area contributed by atoms with Gasteiger partial charge in [-0.1, -0.05) is 0 Å². The highest BCUT2D eigenvalue weighted by Crippen LogP contribution is 2.20. The highest BCUT2D eigenvalue weighted by atomic mass is 32.1. The number of carboxylic acid groups (broad SMARTS) is 1. The Kier molecular flexibility index (Phi) is 5.10. The summed E-state index contributed by atoms with van der Waals surface area (Å²) < 4.78 is 2.03. The third-order valence-electron chi connectivity index (χ3n) is 2.51. The summed E-state index contributed by atoms with van der Waals surface area (Å²) in [6, 6.07) is 0. The second kappa shape index (κ2) is 7.25. The molecule has 0 aliphatic heterocycles. The lowest BCUT2D eigenvalue weighted by Gasteiger charge is -2.05. The van der Waals surface area contributed by atoms with Gasteiger partial charge < -0.3 is 9.67 Å². The van der Waals surface area contributed by atoms with Gasteiger partial charge in [0.2, 0.25) is 0 Å². The van der Waals surface area contributed by atoms with E-state index < -0.39 is 0 Å². The van der Waals surface area contributed by atoms with E-state index in [1.54, 1.807) is 36.1 Å². The highest BCUT2D eigenvalue weighted by molar-refractivity contribution is 7.13. The zero-order valence-electron chi connectivity index (χ0n) is 11.2. The standard InChI is InChI=1S/C12H11N5S.CH2O2/c1-9-6-16-10(7-15-9)8-17-4-2-13-11(17)12-14-3-5-18-12;2-1-3/h2-7H,8H2,1H3;1H,(H,2,3). The van der Waals surface area contributed by atoms with Crippen LogP contribution in [-0.2, 0) is 11.3 Å². The van der Waals surface area contributed by atoms with Crippen LogP contribution >= 0.6 is 11.3 Å². The van der Waals surface area contributed by atoms with E-state index >= 15 is 0 Å². The zero-order valence-corrected chi connectivity index (χ0v) is 12.1. The largest absolute Gasteiger partial charge is 0.483 e. The van der Waals surface area contributed by atoms with Gasteiger partial charge in [-0.15, -0.1) is 11.3 Å². The van der Waals surface area contributed by atoms with Gasteiger partial charge in [0.15, 0.2) is 10.8 Å². The van der Waals surface area contributed by atoms with Crippen LogP contribution < -0.4 is 0 Å². The van der Waals surface area contributed by atoms with E-state index in [2.05, 4.69) is 19.9 Å². The van der Waals surface area contributed by atoms with Crippen LogP contribution in [0.2, 0.25) is 0 Å². The molecule has 1 N–H and O–H groups in total. The molecule has 0 aliphatic rings. The van der Waals surface area contributed by atoms with Gasteiger partial charge in [-0.25, -0.2) is 9.97 Å². The normalized spacial score (nSPS) is 9.76. The first-order valence-corrected chi connectivity index (χ1v) is 6.89. The van der Waals surface area contributed by atoms with Crippen molar-refractivity contribution in [2.75, 3.05) is 0 Å². The molecule has 0 saturated carbocycles. The monoisotopic (exact) mass is 303 g/mol. The van der Waals surface area contributed by atoms with Gasteiger partial charge >= 0.3 is 0 Å². The van der Waals surface area contributed by atoms with Crippen molar-refractivity contribution in [1.82, 2.24) is 24.5 Å². The SMILES string of the molecule is Cc1cnc(Cn2ccnc2-c2nccs2)cn1.O=CO. The minimum absolute atomic E-state index is 0.250. The number of aromatic nitrogens is 5. The molecule has 0 atom stereocenters. The lowest BCUT2D eigenvalue weighted by molar-refractivity contribution is -0.122. The van der Waals surface area contributed by atoms with E-state index in [-0.39, 0.29) is 6.47 Å². The van der Waals surface area contributed by atoms with Crippen LogP contribution in [0.3, 0.4) is 0 Å². The summed E-state index contributed by atoms with van der Waals surface area (Å²) >= 11 is 1.58. The predicted octanol–water partition coefficient (Wildman–Crippen LogP) is 1.85. The second-order valence-electron chi connectivity index (χ2n) is 3.97. The summed E-state index contributed by atoms with van der Waals surface area (Å²) in [5.41, 5.74) is 1.83. The lowest BCUT2D eigenvalue weighted by Crippen LogP contribution is -2.03. The Morgan fingerprint density at radius 2 is 2.05 bits per heavy atom. The molecule has 3 rings (SSSR count). The fourth-order valence-corrected chi connectivity index (χ4v) is 2.29. The zero-order chi connectivity index (χ0) is 15.1. The Hall–Kier alpha value is -2.61. The average molecular weight is 303 g/mol. The number of thiazole rings is 1. The smallest absolute Gasteiger partial charge is 0.290 e. The van der Waals surface area contributed by atoms with Crippen LogP contribution in [0.15, 0.2) is 36.4 Å². The minimum Gasteiger partial charge on any atom is -0.483 e. The van der Waals surface area contributed by atoms with Crippen LogP contribution in [0, 0.1) is 6.92 Å². The van der Waals surface area contributed by atoms with Crippen molar-refractivity contribution in [3.63, 3.8) is 0 Å². The summed E-state index contributed by atoms with van der Waals surface area (Å²) in [6.45, 7) is 2.33. The van der Waals surface area contributed by atoms with Crippen molar-refractivity contribution in [3.05, 3.63) is 47.8 Å². The fraction of sp³-hybridized carbons (Fsp3) is 0.154. The van der Waals surface area contributed by atoms with Gasteiger partial charge in [-0.05, 0) is 6.92 Å². The van der Waals surface area contributed by atoms with Crippen molar-refractivity contribution in [3.8, 4) is 10.8 Å². The van der Waals surface area contributed by atoms with Crippen LogP contribution in [0.25, 0.3) is 10.8 Å². The Labute approximate surface area is 125 Å². The van der Waals surface area contributed by atoms with Crippen molar-refractivity contribution < 1.29 is 9.90 Å². The summed E-state index contributed by atoms with van der Waals surface area (Å²) in [7, 11) is 0.